The van der Waals surface area contributed by atoms with Gasteiger partial charge < -0.3 is 19.5 Å². The van der Waals surface area contributed by atoms with Gasteiger partial charge in [0.1, 0.15) is 11.7 Å². The monoisotopic (exact) mass is 463 g/mol. The Kier molecular flexibility index (Phi) is 6.31. The van der Waals surface area contributed by atoms with E-state index in [1.54, 1.807) is 18.2 Å². The van der Waals surface area contributed by atoms with E-state index >= 15 is 0 Å². The second kappa shape index (κ2) is 9.34. The van der Waals surface area contributed by atoms with Crippen molar-refractivity contribution in [3.63, 3.8) is 0 Å². The minimum absolute atomic E-state index is 0.0254. The zero-order valence-electron chi connectivity index (χ0n) is 19.5. The number of allylic oxidation sites excluding steroid dienone is 1. The van der Waals surface area contributed by atoms with Crippen molar-refractivity contribution in [3.05, 3.63) is 70.4 Å². The third-order valence-electron chi connectivity index (χ3n) is 5.72. The van der Waals surface area contributed by atoms with Gasteiger partial charge in [0.25, 0.3) is 0 Å². The first-order valence-electron chi connectivity index (χ1n) is 10.6. The van der Waals surface area contributed by atoms with E-state index in [0.29, 0.717) is 23.0 Å². The number of carbonyl (C=O) groups excluding carboxylic acids is 2. The van der Waals surface area contributed by atoms with Gasteiger partial charge in [0, 0.05) is 5.56 Å². The molecule has 0 amide bonds. The predicted octanol–water partition coefficient (Wildman–Crippen LogP) is 3.14. The molecule has 0 fully saturated rings. The molecule has 1 atom stereocenters. The van der Waals surface area contributed by atoms with Crippen LogP contribution < -0.4 is 14.8 Å². The molecular weight excluding hydrogens is 438 g/mol. The number of nitrogens with one attached hydrogen (secondary N) is 1. The smallest absolute Gasteiger partial charge is 0.355 e. The third-order valence-corrected chi connectivity index (χ3v) is 5.72. The summed E-state index contributed by atoms with van der Waals surface area (Å²) in [6.45, 7) is 4.19. The summed E-state index contributed by atoms with van der Waals surface area (Å²) in [6.07, 6.45) is 0. The van der Waals surface area contributed by atoms with E-state index < -0.39 is 17.8 Å². The summed E-state index contributed by atoms with van der Waals surface area (Å²) in [5.74, 6) is 0.307. The molecule has 10 nitrogen and oxygen atoms in total. The molecule has 0 bridgehead atoms. The summed E-state index contributed by atoms with van der Waals surface area (Å²) in [7, 11) is 4.25. The lowest BCUT2D eigenvalue weighted by atomic mass is 9.88. The summed E-state index contributed by atoms with van der Waals surface area (Å²) in [6, 6.07) is 11.8. The molecule has 2 heterocycles. The minimum Gasteiger partial charge on any atom is -0.493 e. The van der Waals surface area contributed by atoms with Gasteiger partial charge in [-0.1, -0.05) is 43.2 Å². The molecule has 0 saturated heterocycles. The van der Waals surface area contributed by atoms with E-state index in [9.17, 15) is 9.59 Å². The Bertz CT molecular complexity index is 1260. The fraction of sp³-hybridized carbons (Fsp3) is 0.292. The van der Waals surface area contributed by atoms with Crippen molar-refractivity contribution >= 4 is 17.7 Å². The Morgan fingerprint density at radius 1 is 1.00 bits per heavy atom. The quantitative estimate of drug-likeness (QED) is 0.416. The third kappa shape index (κ3) is 3.98. The van der Waals surface area contributed by atoms with Crippen LogP contribution in [0.5, 0.6) is 11.5 Å². The average molecular weight is 463 g/mol. The fourth-order valence-corrected chi connectivity index (χ4v) is 3.89. The molecule has 1 aliphatic rings. The van der Waals surface area contributed by atoms with Crippen LogP contribution in [0, 0.1) is 0 Å². The van der Waals surface area contributed by atoms with Crippen LogP contribution in [-0.2, 0) is 9.53 Å². The molecule has 4 rings (SSSR count). The number of hydrogen-bond acceptors (Lipinski definition) is 9. The largest absolute Gasteiger partial charge is 0.493 e. The highest BCUT2D eigenvalue weighted by atomic mass is 16.5. The van der Waals surface area contributed by atoms with E-state index in [-0.39, 0.29) is 17.2 Å². The van der Waals surface area contributed by atoms with Crippen LogP contribution in [0.15, 0.2) is 53.7 Å². The molecule has 10 heteroatoms. The Morgan fingerprint density at radius 2 is 1.71 bits per heavy atom. The highest BCUT2D eigenvalue weighted by molar-refractivity contribution is 6.15. The number of Topliss-reactive ketones (excluding diaryl/α,β-unsaturated/α-hetero) is 1. The van der Waals surface area contributed by atoms with Crippen LogP contribution in [0.3, 0.4) is 0 Å². The number of anilines is 1. The van der Waals surface area contributed by atoms with Crippen molar-refractivity contribution < 1.29 is 23.8 Å². The number of carbonyl (C=O) groups is 2. The van der Waals surface area contributed by atoms with E-state index in [0.717, 1.165) is 11.1 Å². The number of esters is 1. The molecule has 3 aromatic rings. The number of ether oxygens (including phenoxy) is 3. The summed E-state index contributed by atoms with van der Waals surface area (Å²) < 4.78 is 17.1. The van der Waals surface area contributed by atoms with Gasteiger partial charge in [-0.15, -0.1) is 0 Å². The second-order valence-corrected chi connectivity index (χ2v) is 7.98. The molecule has 0 aliphatic carbocycles. The van der Waals surface area contributed by atoms with Gasteiger partial charge in [0.05, 0.1) is 26.9 Å². The lowest BCUT2D eigenvalue weighted by Gasteiger charge is -2.28. The normalized spacial score (nSPS) is 14.9. The topological polar surface area (TPSA) is 117 Å². The van der Waals surface area contributed by atoms with E-state index in [1.165, 1.54) is 26.0 Å². The van der Waals surface area contributed by atoms with Crippen molar-refractivity contribution in [2.75, 3.05) is 26.6 Å². The molecular formula is C24H25N5O5. The zero-order chi connectivity index (χ0) is 24.4. The number of fused-ring (bicyclic) bond motifs is 1. The van der Waals surface area contributed by atoms with Gasteiger partial charge in [-0.2, -0.15) is 4.68 Å². The van der Waals surface area contributed by atoms with Crippen LogP contribution in [0.1, 0.15) is 47.3 Å². The molecule has 0 unspecified atom stereocenters. The SMILES string of the molecule is COC(=O)C1=C(C(=O)c2ccc(OC)c(OC)c2)[C@@H](c2ccc(C(C)C)cc2)n2nnnc2N1. The first-order valence-corrected chi connectivity index (χ1v) is 10.6. The molecule has 0 radical (unpaired) electrons. The molecule has 1 aliphatic heterocycles. The predicted molar refractivity (Wildman–Crippen MR) is 123 cm³/mol. The molecule has 2 aromatic carbocycles. The lowest BCUT2D eigenvalue weighted by molar-refractivity contribution is -0.136. The number of rotatable bonds is 7. The Balaban J connectivity index is 1.91. The van der Waals surface area contributed by atoms with E-state index in [1.807, 2.05) is 24.3 Å². The Morgan fingerprint density at radius 3 is 2.32 bits per heavy atom. The van der Waals surface area contributed by atoms with Crippen LogP contribution in [0.25, 0.3) is 0 Å². The molecule has 34 heavy (non-hydrogen) atoms. The Hall–Kier alpha value is -4.21. The number of methoxy groups -OCH3 is 3. The van der Waals surface area contributed by atoms with Gasteiger partial charge in [-0.3, -0.25) is 4.79 Å². The van der Waals surface area contributed by atoms with Gasteiger partial charge in [0.15, 0.2) is 17.3 Å². The highest BCUT2D eigenvalue weighted by Crippen LogP contribution is 2.38. The molecule has 0 saturated carbocycles. The average Bonchev–Trinajstić information content (AvgIpc) is 3.34. The maximum Gasteiger partial charge on any atom is 0.355 e. The maximum absolute atomic E-state index is 13.9. The van der Waals surface area contributed by atoms with Crippen molar-refractivity contribution in [1.82, 2.24) is 20.2 Å². The number of hydrogen-bond donors (Lipinski definition) is 1. The highest BCUT2D eigenvalue weighted by Gasteiger charge is 2.38. The number of aromatic nitrogens is 4. The maximum atomic E-state index is 13.9. The summed E-state index contributed by atoms with van der Waals surface area (Å²) in [5.41, 5.74) is 2.30. The molecule has 176 valence electrons. The van der Waals surface area contributed by atoms with Gasteiger partial charge >= 0.3 is 5.97 Å². The van der Waals surface area contributed by atoms with Crippen LogP contribution in [-0.4, -0.2) is 53.3 Å². The molecule has 1 aromatic heterocycles. The second-order valence-electron chi connectivity index (χ2n) is 7.98. The standard InChI is InChI=1S/C24H25N5O5/c1-13(2)14-6-8-15(9-7-14)21-19(20(23(31)34-5)25-24-26-27-28-29(21)24)22(30)16-10-11-17(32-3)18(12-16)33-4/h6-13,21H,1-5H3,(H,25,26,28)/t21-/m1/s1. The van der Waals surface area contributed by atoms with Crippen molar-refractivity contribution in [1.29, 1.82) is 0 Å². The van der Waals surface area contributed by atoms with Gasteiger partial charge in [-0.05, 0) is 45.7 Å². The van der Waals surface area contributed by atoms with Crippen molar-refractivity contribution in [2.45, 2.75) is 25.8 Å². The summed E-state index contributed by atoms with van der Waals surface area (Å²) >= 11 is 0. The van der Waals surface area contributed by atoms with E-state index in [2.05, 4.69) is 34.7 Å². The number of ketones is 1. The van der Waals surface area contributed by atoms with Gasteiger partial charge in [-0.25, -0.2) is 4.79 Å². The van der Waals surface area contributed by atoms with Crippen molar-refractivity contribution in [2.24, 2.45) is 0 Å². The summed E-state index contributed by atoms with van der Waals surface area (Å²) in [4.78, 5) is 26.7. The molecule has 0 spiro atoms. The first-order chi connectivity index (χ1) is 16.4. The number of nitrogens with zero attached hydrogens (tertiary/aromatic N) is 4. The lowest BCUT2D eigenvalue weighted by Crippen LogP contribution is -2.33. The fourth-order valence-electron chi connectivity index (χ4n) is 3.89. The molecule has 1 N–H and O–H groups in total. The van der Waals surface area contributed by atoms with Crippen molar-refractivity contribution in [3.8, 4) is 11.5 Å². The van der Waals surface area contributed by atoms with Crippen LogP contribution >= 0.6 is 0 Å². The first kappa shape index (κ1) is 23.0. The summed E-state index contributed by atoms with van der Waals surface area (Å²) in [5, 5.41) is 14.7. The number of tetrazole rings is 1. The van der Waals surface area contributed by atoms with Crippen LogP contribution in [0.2, 0.25) is 0 Å². The minimum atomic E-state index is -0.762. The Labute approximate surface area is 196 Å². The van der Waals surface area contributed by atoms with Gasteiger partial charge in [0.2, 0.25) is 5.95 Å². The van der Waals surface area contributed by atoms with Crippen LogP contribution in [0.4, 0.5) is 5.95 Å². The zero-order valence-corrected chi connectivity index (χ0v) is 19.5. The van der Waals surface area contributed by atoms with E-state index in [4.69, 9.17) is 14.2 Å². The number of benzene rings is 2.